The van der Waals surface area contributed by atoms with E-state index in [4.69, 9.17) is 0 Å². The summed E-state index contributed by atoms with van der Waals surface area (Å²) in [7, 11) is 0. The normalized spacial score (nSPS) is 40.8. The predicted molar refractivity (Wildman–Crippen MR) is 35.7 cm³/mol. The maximum atomic E-state index is 13.1. The fourth-order valence-corrected chi connectivity index (χ4v) is 1.08. The Bertz CT molecular complexity index is 265. The van der Waals surface area contributed by atoms with Crippen LogP contribution in [0.2, 0.25) is 0 Å². The molecule has 1 aliphatic rings. The van der Waals surface area contributed by atoms with E-state index in [-0.39, 0.29) is 6.42 Å². The van der Waals surface area contributed by atoms with E-state index in [1.54, 1.807) is 0 Å². The highest BCUT2D eigenvalue weighted by atomic mass is 19.4. The molecule has 0 saturated carbocycles. The van der Waals surface area contributed by atoms with Crippen LogP contribution >= 0.6 is 0 Å². The fourth-order valence-electron chi connectivity index (χ4n) is 1.08. The molecule has 0 spiro atoms. The van der Waals surface area contributed by atoms with E-state index in [0.29, 0.717) is 0 Å². The van der Waals surface area contributed by atoms with Gasteiger partial charge in [-0.1, -0.05) is 6.92 Å². The minimum Gasteiger partial charge on any atom is -0.300 e. The molecule has 1 aliphatic heterocycles. The van der Waals surface area contributed by atoms with Crippen LogP contribution in [0.15, 0.2) is 0 Å². The Labute approximate surface area is 81.1 Å². The molecule has 0 aromatic rings. The van der Waals surface area contributed by atoms with E-state index in [1.165, 1.54) is 6.92 Å². The number of halogens is 6. The Morgan fingerprint density at radius 3 is 1.73 bits per heavy atom. The smallest absolute Gasteiger partial charge is 0.300 e. The summed E-state index contributed by atoms with van der Waals surface area (Å²) in [5, 5.41) is 0. The van der Waals surface area contributed by atoms with Crippen molar-refractivity contribution in [3.8, 4) is 0 Å². The molecule has 0 N–H and O–H groups in total. The summed E-state index contributed by atoms with van der Waals surface area (Å²) in [5.41, 5.74) is 0. The van der Waals surface area contributed by atoms with Crippen molar-refractivity contribution in [1.29, 1.82) is 0 Å². The first-order valence-corrected chi connectivity index (χ1v) is 4.01. The van der Waals surface area contributed by atoms with Gasteiger partial charge in [-0.15, -0.1) is 0 Å². The second-order valence-corrected chi connectivity index (χ2v) is 3.30. The lowest BCUT2D eigenvalue weighted by Gasteiger charge is -2.25. The van der Waals surface area contributed by atoms with Crippen LogP contribution in [0.5, 0.6) is 0 Å². The van der Waals surface area contributed by atoms with Gasteiger partial charge in [0.25, 0.3) is 0 Å². The lowest BCUT2D eigenvalue weighted by atomic mass is 10.2. The van der Waals surface area contributed by atoms with Crippen molar-refractivity contribution < 1.29 is 35.8 Å². The molecule has 1 fully saturated rings. The quantitative estimate of drug-likeness (QED) is 0.654. The van der Waals surface area contributed by atoms with Gasteiger partial charge in [-0.25, -0.2) is 0 Å². The van der Waals surface area contributed by atoms with Gasteiger partial charge in [0.1, 0.15) is 0 Å². The van der Waals surface area contributed by atoms with Crippen LogP contribution in [0.1, 0.15) is 20.3 Å². The van der Waals surface area contributed by atoms with Crippen LogP contribution in [0.3, 0.4) is 0 Å². The zero-order valence-electron chi connectivity index (χ0n) is 7.79. The molecular formula is C7H8F6O2. The van der Waals surface area contributed by atoms with Gasteiger partial charge in [0.15, 0.2) is 5.79 Å². The Balaban J connectivity index is 3.12. The van der Waals surface area contributed by atoms with E-state index in [9.17, 15) is 26.3 Å². The summed E-state index contributed by atoms with van der Waals surface area (Å²) in [6.07, 6.45) is -11.2. The van der Waals surface area contributed by atoms with Gasteiger partial charge in [0, 0.05) is 0 Å². The van der Waals surface area contributed by atoms with Crippen LogP contribution in [0.25, 0.3) is 0 Å². The molecule has 8 heteroatoms. The molecule has 1 rings (SSSR count). The van der Waals surface area contributed by atoms with Gasteiger partial charge in [0.05, 0.1) is 0 Å². The Morgan fingerprint density at radius 2 is 1.53 bits per heavy atom. The minimum absolute atomic E-state index is 0.343. The van der Waals surface area contributed by atoms with Crippen molar-refractivity contribution in [2.45, 2.75) is 44.2 Å². The van der Waals surface area contributed by atoms with Gasteiger partial charge in [-0.05, 0) is 13.3 Å². The maximum Gasteiger partial charge on any atom is 0.458 e. The molecule has 0 radical (unpaired) electrons. The molecule has 0 aromatic carbocycles. The monoisotopic (exact) mass is 238 g/mol. The summed E-state index contributed by atoms with van der Waals surface area (Å²) >= 11 is 0. The van der Waals surface area contributed by atoms with E-state index in [1.807, 2.05) is 0 Å². The van der Waals surface area contributed by atoms with E-state index in [0.717, 1.165) is 6.92 Å². The van der Waals surface area contributed by atoms with Gasteiger partial charge in [-0.3, -0.25) is 9.47 Å². The first-order chi connectivity index (χ1) is 6.47. The van der Waals surface area contributed by atoms with Gasteiger partial charge < -0.3 is 0 Å². The summed E-state index contributed by atoms with van der Waals surface area (Å²) in [5.74, 6) is -7.38. The number of alkyl halides is 6. The predicted octanol–water partition coefficient (Wildman–Crippen LogP) is 2.98. The van der Waals surface area contributed by atoms with Gasteiger partial charge in [-0.2, -0.15) is 26.3 Å². The highest BCUT2D eigenvalue weighted by Gasteiger charge is 2.81. The SMILES string of the molecule is CCC1(C)OC(F)(F)C(F)(C(F)(F)F)O1. The number of hydrogen-bond donors (Lipinski definition) is 0. The minimum atomic E-state index is -5.86. The Hall–Kier alpha value is -0.500. The van der Waals surface area contributed by atoms with Crippen LogP contribution in [0.4, 0.5) is 26.3 Å². The van der Waals surface area contributed by atoms with Crippen LogP contribution in [-0.2, 0) is 9.47 Å². The highest BCUT2D eigenvalue weighted by molar-refractivity contribution is 4.94. The average Bonchev–Trinajstić information content (AvgIpc) is 2.19. The van der Waals surface area contributed by atoms with Crippen molar-refractivity contribution >= 4 is 0 Å². The number of rotatable bonds is 1. The highest BCUT2D eigenvalue weighted by Crippen LogP contribution is 2.55. The average molecular weight is 238 g/mol. The fraction of sp³-hybridized carbons (Fsp3) is 1.00. The molecule has 2 nitrogen and oxygen atoms in total. The zero-order valence-corrected chi connectivity index (χ0v) is 7.79. The molecule has 15 heavy (non-hydrogen) atoms. The van der Waals surface area contributed by atoms with E-state index >= 15 is 0 Å². The summed E-state index contributed by atoms with van der Waals surface area (Å²) in [6, 6.07) is 0. The van der Waals surface area contributed by atoms with Crippen LogP contribution in [0, 0.1) is 0 Å². The number of ether oxygens (including phenoxy) is 2. The largest absolute Gasteiger partial charge is 0.458 e. The molecule has 1 heterocycles. The van der Waals surface area contributed by atoms with Crippen molar-refractivity contribution in [3.63, 3.8) is 0 Å². The van der Waals surface area contributed by atoms with Gasteiger partial charge in [0.2, 0.25) is 0 Å². The third-order valence-electron chi connectivity index (χ3n) is 2.08. The van der Waals surface area contributed by atoms with Gasteiger partial charge >= 0.3 is 18.1 Å². The molecule has 2 unspecified atom stereocenters. The summed E-state index contributed by atoms with van der Waals surface area (Å²) in [6.45, 7) is 2.05. The summed E-state index contributed by atoms with van der Waals surface area (Å²) in [4.78, 5) is 0. The molecular weight excluding hydrogens is 230 g/mol. The second kappa shape index (κ2) is 3.00. The molecule has 0 bridgehead atoms. The van der Waals surface area contributed by atoms with Crippen molar-refractivity contribution in [2.24, 2.45) is 0 Å². The van der Waals surface area contributed by atoms with Crippen molar-refractivity contribution in [1.82, 2.24) is 0 Å². The molecule has 0 aliphatic carbocycles. The molecule has 90 valence electrons. The third kappa shape index (κ3) is 1.69. The maximum absolute atomic E-state index is 13.1. The molecule has 0 aromatic heterocycles. The Morgan fingerprint density at radius 1 is 1.07 bits per heavy atom. The van der Waals surface area contributed by atoms with Crippen LogP contribution in [-0.4, -0.2) is 23.9 Å². The summed E-state index contributed by atoms with van der Waals surface area (Å²) < 4.78 is 82.1. The molecule has 1 saturated heterocycles. The third-order valence-corrected chi connectivity index (χ3v) is 2.08. The standard InChI is InChI=1S/C7H8F6O2/c1-3-4(2)14-5(8,6(9,10)11)7(12,13)15-4/h3H2,1-2H3. The topological polar surface area (TPSA) is 18.5 Å². The Kier molecular flexibility index (Phi) is 2.52. The lowest BCUT2D eigenvalue weighted by molar-refractivity contribution is -0.394. The van der Waals surface area contributed by atoms with E-state index < -0.39 is 23.9 Å². The first kappa shape index (κ1) is 12.6. The molecule has 0 amide bonds. The van der Waals surface area contributed by atoms with Crippen LogP contribution < -0.4 is 0 Å². The number of hydrogen-bond acceptors (Lipinski definition) is 2. The zero-order chi connectivity index (χ0) is 12.1. The van der Waals surface area contributed by atoms with Crippen molar-refractivity contribution in [3.05, 3.63) is 0 Å². The van der Waals surface area contributed by atoms with E-state index in [2.05, 4.69) is 9.47 Å². The van der Waals surface area contributed by atoms with Crippen molar-refractivity contribution in [2.75, 3.05) is 0 Å². The first-order valence-electron chi connectivity index (χ1n) is 4.01. The second-order valence-electron chi connectivity index (χ2n) is 3.30. The lowest BCUT2D eigenvalue weighted by Crippen LogP contribution is -2.53. The molecule has 2 atom stereocenters.